The molecule has 0 heterocycles. The molecule has 0 spiro atoms. The predicted molar refractivity (Wildman–Crippen MR) is 76.9 cm³/mol. The quantitative estimate of drug-likeness (QED) is 0.742. The first-order valence-electron chi connectivity index (χ1n) is 6.66. The molecule has 6 heteroatoms. The van der Waals surface area contributed by atoms with Gasteiger partial charge in [0.25, 0.3) is 0 Å². The molecule has 0 amide bonds. The van der Waals surface area contributed by atoms with Gasteiger partial charge in [0.05, 0.1) is 13.2 Å². The van der Waals surface area contributed by atoms with Gasteiger partial charge in [-0.15, -0.1) is 0 Å². The van der Waals surface area contributed by atoms with Crippen LogP contribution in [0.1, 0.15) is 32.8 Å². The zero-order valence-corrected chi connectivity index (χ0v) is 12.9. The van der Waals surface area contributed by atoms with Crippen LogP contribution < -0.4 is 0 Å². The molecule has 0 aliphatic rings. The summed E-state index contributed by atoms with van der Waals surface area (Å²) in [6, 6.07) is 8.48. The van der Waals surface area contributed by atoms with E-state index in [1.54, 1.807) is 51.1 Å². The molecule has 1 rings (SSSR count). The van der Waals surface area contributed by atoms with Crippen molar-refractivity contribution >= 4 is 13.6 Å². The normalized spacial score (nSPS) is 14.8. The van der Waals surface area contributed by atoms with Gasteiger partial charge in [-0.3, -0.25) is 9.36 Å². The Kier molecular flexibility index (Phi) is 5.93. The number of carboxylic acid groups (broad SMARTS) is 1. The third-order valence-electron chi connectivity index (χ3n) is 3.18. The molecule has 0 radical (unpaired) electrons. The van der Waals surface area contributed by atoms with Gasteiger partial charge in [-0.05, 0) is 25.8 Å². The smallest absolute Gasteiger partial charge is 0.352 e. The summed E-state index contributed by atoms with van der Waals surface area (Å²) in [5.74, 6) is -1.20. The van der Waals surface area contributed by atoms with E-state index < -0.39 is 18.7 Å². The number of hydrogen-bond acceptors (Lipinski definition) is 4. The van der Waals surface area contributed by atoms with E-state index in [9.17, 15) is 14.5 Å². The van der Waals surface area contributed by atoms with Gasteiger partial charge in [0.2, 0.25) is 0 Å². The highest BCUT2D eigenvalue weighted by Crippen LogP contribution is 2.66. The SMILES string of the molecule is CCOP(=O)(OCC)C(CC)(C(=O)O)c1ccccc1. The van der Waals surface area contributed by atoms with Crippen molar-refractivity contribution in [1.82, 2.24) is 0 Å². The van der Waals surface area contributed by atoms with Gasteiger partial charge in [0, 0.05) is 0 Å². The first-order chi connectivity index (χ1) is 9.48. The van der Waals surface area contributed by atoms with Crippen LogP contribution in [0.15, 0.2) is 30.3 Å². The lowest BCUT2D eigenvalue weighted by Crippen LogP contribution is -2.36. The summed E-state index contributed by atoms with van der Waals surface area (Å²) in [5.41, 5.74) is 0.431. The number of hydrogen-bond donors (Lipinski definition) is 1. The monoisotopic (exact) mass is 300 g/mol. The fourth-order valence-corrected chi connectivity index (χ4v) is 4.54. The van der Waals surface area contributed by atoms with Crippen LogP contribution in [-0.4, -0.2) is 24.3 Å². The zero-order chi connectivity index (χ0) is 15.2. The summed E-state index contributed by atoms with van der Waals surface area (Å²) in [5, 5.41) is 8.05. The van der Waals surface area contributed by atoms with Gasteiger partial charge in [-0.2, -0.15) is 0 Å². The second kappa shape index (κ2) is 7.02. The van der Waals surface area contributed by atoms with E-state index in [4.69, 9.17) is 9.05 Å². The highest BCUT2D eigenvalue weighted by molar-refractivity contribution is 7.56. The Morgan fingerprint density at radius 2 is 1.65 bits per heavy atom. The molecule has 0 bridgehead atoms. The highest BCUT2D eigenvalue weighted by Gasteiger charge is 2.57. The third-order valence-corrected chi connectivity index (χ3v) is 6.08. The van der Waals surface area contributed by atoms with E-state index in [-0.39, 0.29) is 19.6 Å². The molecular weight excluding hydrogens is 279 g/mol. The molecule has 0 aromatic heterocycles. The van der Waals surface area contributed by atoms with Crippen molar-refractivity contribution in [2.24, 2.45) is 0 Å². The molecular formula is C14H21O5P. The standard InChI is InChI=1S/C14H21O5P/c1-4-14(13(15)16,12-10-8-7-9-11-12)20(17,18-5-2)19-6-3/h7-11H,4-6H2,1-3H3,(H,15,16). The Morgan fingerprint density at radius 1 is 1.15 bits per heavy atom. The van der Waals surface area contributed by atoms with Crippen molar-refractivity contribution in [1.29, 1.82) is 0 Å². The maximum absolute atomic E-state index is 13.1. The Balaban J connectivity index is 3.52. The second-order valence-corrected chi connectivity index (χ2v) is 6.49. The fourth-order valence-electron chi connectivity index (χ4n) is 2.26. The van der Waals surface area contributed by atoms with Gasteiger partial charge in [0.15, 0.2) is 5.16 Å². The Bertz CT molecular complexity index is 478. The summed E-state index contributed by atoms with van der Waals surface area (Å²) in [6.07, 6.45) is 0.115. The maximum atomic E-state index is 13.1. The van der Waals surface area contributed by atoms with Crippen LogP contribution in [0.3, 0.4) is 0 Å². The van der Waals surface area contributed by atoms with Crippen LogP contribution >= 0.6 is 7.60 Å². The maximum Gasteiger partial charge on any atom is 0.352 e. The topological polar surface area (TPSA) is 72.8 Å². The van der Waals surface area contributed by atoms with Gasteiger partial charge in [0.1, 0.15) is 0 Å². The number of carboxylic acids is 1. The number of rotatable bonds is 8. The molecule has 5 nitrogen and oxygen atoms in total. The minimum Gasteiger partial charge on any atom is -0.480 e. The summed E-state index contributed by atoms with van der Waals surface area (Å²) < 4.78 is 23.7. The largest absolute Gasteiger partial charge is 0.480 e. The number of carbonyl (C=O) groups is 1. The molecule has 112 valence electrons. The molecule has 0 aliphatic heterocycles. The summed E-state index contributed by atoms with van der Waals surface area (Å²) in [7, 11) is -3.84. The molecule has 1 atom stereocenters. The molecule has 1 N–H and O–H groups in total. The van der Waals surface area contributed by atoms with E-state index in [0.717, 1.165) is 0 Å². The minimum absolute atomic E-state index is 0.115. The summed E-state index contributed by atoms with van der Waals surface area (Å²) in [4.78, 5) is 11.9. The predicted octanol–water partition coefficient (Wildman–Crippen LogP) is 3.64. The van der Waals surface area contributed by atoms with Gasteiger partial charge >= 0.3 is 13.6 Å². The van der Waals surface area contributed by atoms with Gasteiger partial charge in [-0.1, -0.05) is 37.3 Å². The average molecular weight is 300 g/mol. The van der Waals surface area contributed by atoms with E-state index in [0.29, 0.717) is 5.56 Å². The van der Waals surface area contributed by atoms with Crippen LogP contribution in [-0.2, 0) is 23.6 Å². The van der Waals surface area contributed by atoms with Crippen LogP contribution in [0.25, 0.3) is 0 Å². The number of aliphatic carboxylic acids is 1. The fraction of sp³-hybridized carbons (Fsp3) is 0.500. The second-order valence-electron chi connectivity index (χ2n) is 4.22. The summed E-state index contributed by atoms with van der Waals surface area (Å²) in [6.45, 7) is 5.25. The molecule has 1 aromatic rings. The first kappa shape index (κ1) is 16.9. The molecule has 1 unspecified atom stereocenters. The van der Waals surface area contributed by atoms with Crippen molar-refractivity contribution in [3.63, 3.8) is 0 Å². The van der Waals surface area contributed by atoms with Crippen LogP contribution in [0.4, 0.5) is 0 Å². The lowest BCUT2D eigenvalue weighted by Gasteiger charge is -2.35. The average Bonchev–Trinajstić information content (AvgIpc) is 2.41. The molecule has 0 fully saturated rings. The van der Waals surface area contributed by atoms with E-state index in [1.165, 1.54) is 0 Å². The lowest BCUT2D eigenvalue weighted by molar-refractivity contribution is -0.141. The van der Waals surface area contributed by atoms with E-state index in [2.05, 4.69) is 0 Å². The summed E-state index contributed by atoms with van der Waals surface area (Å²) >= 11 is 0. The molecule has 1 aromatic carbocycles. The minimum atomic E-state index is -3.84. The van der Waals surface area contributed by atoms with Crippen molar-refractivity contribution in [3.05, 3.63) is 35.9 Å². The number of benzene rings is 1. The van der Waals surface area contributed by atoms with Crippen molar-refractivity contribution in [2.75, 3.05) is 13.2 Å². The third kappa shape index (κ3) is 2.80. The van der Waals surface area contributed by atoms with E-state index in [1.807, 2.05) is 0 Å². The van der Waals surface area contributed by atoms with Crippen molar-refractivity contribution in [3.8, 4) is 0 Å². The van der Waals surface area contributed by atoms with Gasteiger partial charge < -0.3 is 14.2 Å². The highest BCUT2D eigenvalue weighted by atomic mass is 31.2. The zero-order valence-electron chi connectivity index (χ0n) is 12.0. The molecule has 0 saturated carbocycles. The van der Waals surface area contributed by atoms with Crippen LogP contribution in [0, 0.1) is 0 Å². The van der Waals surface area contributed by atoms with Crippen LogP contribution in [0.5, 0.6) is 0 Å². The van der Waals surface area contributed by atoms with Crippen molar-refractivity contribution in [2.45, 2.75) is 32.3 Å². The molecule has 0 aliphatic carbocycles. The Hall–Kier alpha value is -1.16. The van der Waals surface area contributed by atoms with Crippen molar-refractivity contribution < 1.29 is 23.5 Å². The lowest BCUT2D eigenvalue weighted by atomic mass is 9.95. The Morgan fingerprint density at radius 3 is 2.00 bits per heavy atom. The van der Waals surface area contributed by atoms with E-state index >= 15 is 0 Å². The Labute approximate surface area is 119 Å². The van der Waals surface area contributed by atoms with Crippen LogP contribution in [0.2, 0.25) is 0 Å². The molecule has 0 saturated heterocycles. The first-order valence-corrected chi connectivity index (χ1v) is 8.20. The molecule has 20 heavy (non-hydrogen) atoms. The van der Waals surface area contributed by atoms with Gasteiger partial charge in [-0.25, -0.2) is 0 Å².